The third kappa shape index (κ3) is 2.49. The predicted molar refractivity (Wildman–Crippen MR) is 90.4 cm³/mol. The van der Waals surface area contributed by atoms with Gasteiger partial charge >= 0.3 is 0 Å². The van der Waals surface area contributed by atoms with E-state index in [9.17, 15) is 5.11 Å². The molecule has 1 aromatic rings. The molecule has 3 aliphatic carbocycles. The Morgan fingerprint density at radius 1 is 1.05 bits per heavy atom. The zero-order chi connectivity index (χ0) is 14.9. The number of nitrogens with zero attached hydrogens (tertiary/aromatic N) is 1. The van der Waals surface area contributed by atoms with E-state index in [1.165, 1.54) is 51.4 Å². The highest BCUT2D eigenvalue weighted by atomic mass is 16.3. The highest BCUT2D eigenvalue weighted by Gasteiger charge is 2.40. The van der Waals surface area contributed by atoms with E-state index in [1.807, 2.05) is 24.4 Å². The van der Waals surface area contributed by atoms with Crippen LogP contribution in [0.1, 0.15) is 56.9 Å². The first-order valence-electron chi connectivity index (χ1n) is 8.85. The molecule has 0 spiro atoms. The van der Waals surface area contributed by atoms with Crippen LogP contribution in [0.3, 0.4) is 0 Å². The molecule has 3 aliphatic rings. The van der Waals surface area contributed by atoms with E-state index in [4.69, 9.17) is 4.99 Å². The van der Waals surface area contributed by atoms with Gasteiger partial charge in [-0.3, -0.25) is 4.99 Å². The minimum Gasteiger partial charge on any atom is -0.507 e. The molecule has 0 radical (unpaired) electrons. The van der Waals surface area contributed by atoms with E-state index >= 15 is 0 Å². The number of para-hydroxylation sites is 1. The summed E-state index contributed by atoms with van der Waals surface area (Å²) in [5.74, 6) is 1.76. The third-order valence-corrected chi connectivity index (χ3v) is 5.89. The van der Waals surface area contributed by atoms with E-state index in [2.05, 4.69) is 0 Å². The summed E-state index contributed by atoms with van der Waals surface area (Å²) in [7, 11) is 0. The quantitative estimate of drug-likeness (QED) is 0.612. The van der Waals surface area contributed by atoms with E-state index in [0.29, 0.717) is 17.7 Å². The highest BCUT2D eigenvalue weighted by Crippen LogP contribution is 2.49. The lowest BCUT2D eigenvalue weighted by atomic mass is 9.63. The molecule has 2 heteroatoms. The predicted octanol–water partition coefficient (Wildman–Crippen LogP) is 4.87. The van der Waals surface area contributed by atoms with Crippen molar-refractivity contribution < 1.29 is 5.11 Å². The van der Waals surface area contributed by atoms with Crippen LogP contribution < -0.4 is 0 Å². The van der Waals surface area contributed by atoms with Crippen molar-refractivity contribution in [2.45, 2.75) is 57.4 Å². The topological polar surface area (TPSA) is 32.6 Å². The zero-order valence-corrected chi connectivity index (χ0v) is 13.2. The molecule has 0 aliphatic heterocycles. The number of phenols is 1. The minimum absolute atomic E-state index is 0.338. The first-order chi connectivity index (χ1) is 10.8. The Balaban J connectivity index is 1.62. The molecule has 3 atom stereocenters. The third-order valence-electron chi connectivity index (χ3n) is 5.89. The number of allylic oxidation sites excluding steroid dienone is 1. The van der Waals surface area contributed by atoms with Gasteiger partial charge in [0.15, 0.2) is 0 Å². The Morgan fingerprint density at radius 2 is 1.91 bits per heavy atom. The van der Waals surface area contributed by atoms with Gasteiger partial charge in [-0.05, 0) is 63.0 Å². The number of rotatable bonds is 2. The standard InChI is InChI=1S/C20H25NO/c22-19-11-4-2-7-16(19)13-21-20-15-8-5-10-18(20)17-9-3-1-6-14(17)12-15/h2,4,7,11,13,15,18,20,22H,1,3,5-6,8-10,12H2. The van der Waals surface area contributed by atoms with Gasteiger partial charge in [0.25, 0.3) is 0 Å². The number of benzene rings is 1. The van der Waals surface area contributed by atoms with Crippen LogP contribution in [0.15, 0.2) is 40.4 Å². The second-order valence-electron chi connectivity index (χ2n) is 7.17. The second kappa shape index (κ2) is 5.91. The van der Waals surface area contributed by atoms with Gasteiger partial charge in [-0.15, -0.1) is 0 Å². The van der Waals surface area contributed by atoms with Gasteiger partial charge in [-0.2, -0.15) is 0 Å². The Kier molecular flexibility index (Phi) is 3.77. The first-order valence-corrected chi connectivity index (χ1v) is 8.85. The Labute approximate surface area is 133 Å². The molecular formula is C20H25NO. The van der Waals surface area contributed by atoms with Gasteiger partial charge in [0.1, 0.15) is 5.75 Å². The smallest absolute Gasteiger partial charge is 0.124 e. The van der Waals surface area contributed by atoms with Crippen molar-refractivity contribution in [1.29, 1.82) is 0 Å². The Hall–Kier alpha value is -1.57. The highest BCUT2D eigenvalue weighted by molar-refractivity contribution is 5.83. The Bertz CT molecular complexity index is 616. The minimum atomic E-state index is 0.338. The molecule has 4 rings (SSSR count). The van der Waals surface area contributed by atoms with Crippen LogP contribution in [0.2, 0.25) is 0 Å². The summed E-state index contributed by atoms with van der Waals surface area (Å²) in [4.78, 5) is 4.97. The molecular weight excluding hydrogens is 270 g/mol. The fourth-order valence-corrected chi connectivity index (χ4v) is 4.85. The van der Waals surface area contributed by atoms with Crippen LogP contribution >= 0.6 is 0 Å². The second-order valence-corrected chi connectivity index (χ2v) is 7.17. The van der Waals surface area contributed by atoms with Crippen LogP contribution in [0.4, 0.5) is 0 Å². The van der Waals surface area contributed by atoms with Gasteiger partial charge < -0.3 is 5.11 Å². The molecule has 3 unspecified atom stereocenters. The maximum Gasteiger partial charge on any atom is 0.124 e. The van der Waals surface area contributed by atoms with E-state index in [1.54, 1.807) is 17.2 Å². The molecule has 1 aromatic carbocycles. The summed E-state index contributed by atoms with van der Waals surface area (Å²) in [6.07, 6.45) is 12.6. The lowest BCUT2D eigenvalue weighted by Crippen LogP contribution is -2.38. The van der Waals surface area contributed by atoms with E-state index in [-0.39, 0.29) is 0 Å². The fourth-order valence-electron chi connectivity index (χ4n) is 4.85. The van der Waals surface area contributed by atoms with Crippen molar-refractivity contribution in [3.8, 4) is 5.75 Å². The summed E-state index contributed by atoms with van der Waals surface area (Å²) in [5, 5.41) is 9.93. The normalized spacial score (nSPS) is 31.4. The number of fused-ring (bicyclic) bond motifs is 3. The Morgan fingerprint density at radius 3 is 2.82 bits per heavy atom. The molecule has 0 saturated heterocycles. The molecule has 116 valence electrons. The van der Waals surface area contributed by atoms with Gasteiger partial charge in [0.2, 0.25) is 0 Å². The largest absolute Gasteiger partial charge is 0.507 e. The maximum atomic E-state index is 9.93. The molecule has 1 N–H and O–H groups in total. The van der Waals surface area contributed by atoms with E-state index < -0.39 is 0 Å². The van der Waals surface area contributed by atoms with Crippen molar-refractivity contribution in [2.75, 3.05) is 0 Å². The van der Waals surface area contributed by atoms with Gasteiger partial charge in [-0.25, -0.2) is 0 Å². The molecule has 1 fully saturated rings. The monoisotopic (exact) mass is 295 g/mol. The van der Waals surface area contributed by atoms with Crippen molar-refractivity contribution in [1.82, 2.24) is 0 Å². The van der Waals surface area contributed by atoms with Crippen molar-refractivity contribution in [3.63, 3.8) is 0 Å². The summed E-state index contributed by atoms with van der Waals surface area (Å²) >= 11 is 0. The first kappa shape index (κ1) is 14.0. The number of hydrogen-bond donors (Lipinski definition) is 1. The molecule has 0 aromatic heterocycles. The summed E-state index contributed by atoms with van der Waals surface area (Å²) < 4.78 is 0. The number of aromatic hydroxyl groups is 1. The van der Waals surface area contributed by atoms with Gasteiger partial charge in [0, 0.05) is 17.7 Å². The number of hydrogen-bond acceptors (Lipinski definition) is 2. The summed E-state index contributed by atoms with van der Waals surface area (Å²) in [5.41, 5.74) is 4.40. The summed E-state index contributed by atoms with van der Waals surface area (Å²) in [6, 6.07) is 7.96. The number of phenolic OH excluding ortho intramolecular Hbond substituents is 1. The molecule has 2 nitrogen and oxygen atoms in total. The van der Waals surface area contributed by atoms with Crippen molar-refractivity contribution >= 4 is 6.21 Å². The van der Waals surface area contributed by atoms with Crippen LogP contribution in [-0.4, -0.2) is 17.4 Å². The van der Waals surface area contributed by atoms with Crippen LogP contribution in [0, 0.1) is 11.8 Å². The molecule has 22 heavy (non-hydrogen) atoms. The molecule has 2 bridgehead atoms. The molecule has 0 amide bonds. The average molecular weight is 295 g/mol. The lowest BCUT2D eigenvalue weighted by Gasteiger charge is -2.44. The van der Waals surface area contributed by atoms with Crippen molar-refractivity contribution in [2.24, 2.45) is 16.8 Å². The van der Waals surface area contributed by atoms with E-state index in [0.717, 1.165) is 11.5 Å². The average Bonchev–Trinajstić information content (AvgIpc) is 2.54. The lowest BCUT2D eigenvalue weighted by molar-refractivity contribution is 0.215. The SMILES string of the molecule is Oc1ccccc1C=NC1C2CCCC1C1=C(CCCC1)C2. The van der Waals surface area contributed by atoms with Gasteiger partial charge in [-0.1, -0.05) is 29.7 Å². The number of aliphatic imine (C=N–C) groups is 1. The molecule has 1 saturated carbocycles. The van der Waals surface area contributed by atoms with Crippen LogP contribution in [0.5, 0.6) is 5.75 Å². The fraction of sp³-hybridized carbons (Fsp3) is 0.550. The van der Waals surface area contributed by atoms with Gasteiger partial charge in [0.05, 0.1) is 6.04 Å². The van der Waals surface area contributed by atoms with Crippen LogP contribution in [-0.2, 0) is 0 Å². The molecule has 0 heterocycles. The maximum absolute atomic E-state index is 9.93. The zero-order valence-electron chi connectivity index (χ0n) is 13.2. The summed E-state index contributed by atoms with van der Waals surface area (Å²) in [6.45, 7) is 0. The van der Waals surface area contributed by atoms with Crippen molar-refractivity contribution in [3.05, 3.63) is 41.0 Å². The van der Waals surface area contributed by atoms with Crippen LogP contribution in [0.25, 0.3) is 0 Å².